The van der Waals surface area contributed by atoms with Gasteiger partial charge in [-0.3, -0.25) is 9.59 Å². The smallest absolute Gasteiger partial charge is 0.274 e. The maximum Gasteiger partial charge on any atom is 0.274 e. The molecule has 0 saturated carbocycles. The number of nitrogens with two attached hydrogens (primary N) is 1. The summed E-state index contributed by atoms with van der Waals surface area (Å²) in [6.07, 6.45) is 0.560. The van der Waals surface area contributed by atoms with Crippen LogP contribution in [0.1, 0.15) is 38.3 Å². The molecule has 122 valence electrons. The lowest BCUT2D eigenvalue weighted by atomic mass is 9.97. The average molecular weight is 325 g/mol. The third kappa shape index (κ3) is 2.90. The number of hydrogen-bond donors (Lipinski definition) is 1. The highest BCUT2D eigenvalue weighted by Gasteiger charge is 2.24. The van der Waals surface area contributed by atoms with Gasteiger partial charge in [0.1, 0.15) is 5.82 Å². The minimum absolute atomic E-state index is 0.252. The molecule has 0 spiro atoms. The number of carbonyl (C=O) groups is 2. The predicted octanol–water partition coefficient (Wildman–Crippen LogP) is 2.48. The lowest BCUT2D eigenvalue weighted by molar-refractivity contribution is 0.0777. The molecule has 2 aromatic carbocycles. The highest BCUT2D eigenvalue weighted by Crippen LogP contribution is 2.21. The quantitative estimate of drug-likeness (QED) is 0.941. The summed E-state index contributed by atoms with van der Waals surface area (Å²) in [6.45, 7) is 2.21. The van der Waals surface area contributed by atoms with Crippen molar-refractivity contribution < 1.29 is 14.0 Å². The van der Waals surface area contributed by atoms with E-state index in [-0.39, 0.29) is 11.5 Å². The second-order valence-electron chi connectivity index (χ2n) is 5.58. The van der Waals surface area contributed by atoms with Crippen LogP contribution in [-0.4, -0.2) is 29.1 Å². The van der Waals surface area contributed by atoms with Gasteiger partial charge in [-0.1, -0.05) is 18.2 Å². The molecular weight excluding hydrogens is 309 g/mol. The van der Waals surface area contributed by atoms with Gasteiger partial charge in [-0.15, -0.1) is 0 Å². The second kappa shape index (κ2) is 6.23. The Morgan fingerprint density at radius 3 is 2.67 bits per heavy atom. The third-order valence-corrected chi connectivity index (χ3v) is 4.02. The number of primary amides is 1. The average Bonchev–Trinajstić information content (AvgIpc) is 3.03. The summed E-state index contributed by atoms with van der Waals surface area (Å²) in [5.74, 6) is -1.32. The predicted molar refractivity (Wildman–Crippen MR) is 88.3 cm³/mol. The Morgan fingerprint density at radius 2 is 1.96 bits per heavy atom. The molecule has 2 amide bonds. The zero-order valence-corrected chi connectivity index (χ0v) is 13.1. The number of hydrazone groups is 1. The van der Waals surface area contributed by atoms with Gasteiger partial charge in [-0.2, -0.15) is 5.10 Å². The first-order chi connectivity index (χ1) is 11.5. The number of carbonyl (C=O) groups excluding carboxylic acids is 2. The molecule has 2 aromatic rings. The summed E-state index contributed by atoms with van der Waals surface area (Å²) in [5.41, 5.74) is 8.30. The van der Waals surface area contributed by atoms with Crippen LogP contribution in [0, 0.1) is 12.7 Å². The Labute approximate surface area is 138 Å². The summed E-state index contributed by atoms with van der Waals surface area (Å²) < 4.78 is 13.3. The number of rotatable bonds is 3. The first-order valence-electron chi connectivity index (χ1n) is 7.52. The molecule has 0 saturated heterocycles. The van der Waals surface area contributed by atoms with E-state index < -0.39 is 11.7 Å². The van der Waals surface area contributed by atoms with Crippen LogP contribution >= 0.6 is 0 Å². The number of benzene rings is 2. The van der Waals surface area contributed by atoms with E-state index in [4.69, 9.17) is 5.73 Å². The fourth-order valence-corrected chi connectivity index (χ4v) is 2.78. The highest BCUT2D eigenvalue weighted by atomic mass is 19.1. The number of hydrogen-bond acceptors (Lipinski definition) is 3. The lowest BCUT2D eigenvalue weighted by Crippen LogP contribution is -2.23. The molecule has 0 aromatic heterocycles. The summed E-state index contributed by atoms with van der Waals surface area (Å²) in [5, 5.41) is 5.67. The maximum atomic E-state index is 13.3. The van der Waals surface area contributed by atoms with E-state index in [0.29, 0.717) is 24.2 Å². The summed E-state index contributed by atoms with van der Waals surface area (Å²) in [6, 6.07) is 10.8. The van der Waals surface area contributed by atoms with Crippen molar-refractivity contribution in [1.82, 2.24) is 5.01 Å². The Balaban J connectivity index is 1.90. The molecule has 1 aliphatic heterocycles. The van der Waals surface area contributed by atoms with Crippen LogP contribution in [0.25, 0.3) is 0 Å². The van der Waals surface area contributed by atoms with Gasteiger partial charge in [-0.05, 0) is 36.8 Å². The van der Waals surface area contributed by atoms with Crippen molar-refractivity contribution in [3.05, 3.63) is 70.5 Å². The molecular formula is C18H16FN3O2. The van der Waals surface area contributed by atoms with Crippen LogP contribution < -0.4 is 5.73 Å². The second-order valence-corrected chi connectivity index (χ2v) is 5.58. The summed E-state index contributed by atoms with van der Waals surface area (Å²) >= 11 is 0. The SMILES string of the molecule is Cc1c(C(N)=O)cccc1C1=NN(C(=O)c2cccc(F)c2)CC1. The van der Waals surface area contributed by atoms with E-state index in [1.807, 2.05) is 6.07 Å². The van der Waals surface area contributed by atoms with E-state index in [2.05, 4.69) is 5.10 Å². The van der Waals surface area contributed by atoms with Crippen molar-refractivity contribution in [2.75, 3.05) is 6.54 Å². The fourth-order valence-electron chi connectivity index (χ4n) is 2.78. The van der Waals surface area contributed by atoms with Crippen molar-refractivity contribution in [3.8, 4) is 0 Å². The van der Waals surface area contributed by atoms with Crippen molar-refractivity contribution in [2.24, 2.45) is 10.8 Å². The van der Waals surface area contributed by atoms with Gasteiger partial charge in [-0.25, -0.2) is 9.40 Å². The molecule has 0 fully saturated rings. The monoisotopic (exact) mass is 325 g/mol. The molecule has 3 rings (SSSR count). The lowest BCUT2D eigenvalue weighted by Gasteiger charge is -2.11. The van der Waals surface area contributed by atoms with Gasteiger partial charge in [0.25, 0.3) is 5.91 Å². The molecule has 24 heavy (non-hydrogen) atoms. The van der Waals surface area contributed by atoms with E-state index in [1.54, 1.807) is 25.1 Å². The Hall–Kier alpha value is -3.02. The van der Waals surface area contributed by atoms with E-state index >= 15 is 0 Å². The maximum absolute atomic E-state index is 13.3. The highest BCUT2D eigenvalue weighted by molar-refractivity contribution is 6.07. The third-order valence-electron chi connectivity index (χ3n) is 4.02. The van der Waals surface area contributed by atoms with Gasteiger partial charge in [0.05, 0.1) is 12.3 Å². The Kier molecular flexibility index (Phi) is 4.12. The van der Waals surface area contributed by atoms with Crippen molar-refractivity contribution in [2.45, 2.75) is 13.3 Å². The molecule has 1 aliphatic rings. The minimum atomic E-state index is -0.499. The van der Waals surface area contributed by atoms with E-state index in [1.165, 1.54) is 23.2 Å². The summed E-state index contributed by atoms with van der Waals surface area (Å²) in [4.78, 5) is 23.9. The van der Waals surface area contributed by atoms with Crippen LogP contribution in [0.4, 0.5) is 4.39 Å². The molecule has 0 atom stereocenters. The van der Waals surface area contributed by atoms with Crippen LogP contribution in [-0.2, 0) is 0 Å². The van der Waals surface area contributed by atoms with Gasteiger partial charge >= 0.3 is 0 Å². The first kappa shape index (κ1) is 15.9. The minimum Gasteiger partial charge on any atom is -0.366 e. The Bertz CT molecular complexity index is 861. The molecule has 1 heterocycles. The largest absolute Gasteiger partial charge is 0.366 e. The molecule has 0 bridgehead atoms. The van der Waals surface area contributed by atoms with Crippen LogP contribution in [0.2, 0.25) is 0 Å². The van der Waals surface area contributed by atoms with Crippen LogP contribution in [0.15, 0.2) is 47.6 Å². The first-order valence-corrected chi connectivity index (χ1v) is 7.52. The van der Waals surface area contributed by atoms with Crippen molar-refractivity contribution in [3.63, 3.8) is 0 Å². The van der Waals surface area contributed by atoms with Crippen LogP contribution in [0.3, 0.4) is 0 Å². The van der Waals surface area contributed by atoms with Gasteiger partial charge in [0.15, 0.2) is 0 Å². The van der Waals surface area contributed by atoms with Gasteiger partial charge < -0.3 is 5.73 Å². The normalized spacial score (nSPS) is 13.8. The zero-order valence-electron chi connectivity index (χ0n) is 13.1. The molecule has 2 N–H and O–H groups in total. The zero-order chi connectivity index (χ0) is 17.3. The topological polar surface area (TPSA) is 75.8 Å². The Morgan fingerprint density at radius 1 is 1.21 bits per heavy atom. The van der Waals surface area contributed by atoms with Crippen molar-refractivity contribution >= 4 is 17.5 Å². The van der Waals surface area contributed by atoms with Gasteiger partial charge in [0, 0.05) is 23.1 Å². The number of halogens is 1. The molecule has 6 heteroatoms. The number of nitrogens with zero attached hydrogens (tertiary/aromatic N) is 2. The molecule has 0 radical (unpaired) electrons. The van der Waals surface area contributed by atoms with Gasteiger partial charge in [0.2, 0.25) is 5.91 Å². The molecule has 5 nitrogen and oxygen atoms in total. The molecule has 0 unspecified atom stereocenters. The van der Waals surface area contributed by atoms with Crippen molar-refractivity contribution in [1.29, 1.82) is 0 Å². The van der Waals surface area contributed by atoms with E-state index in [0.717, 1.165) is 11.1 Å². The van der Waals surface area contributed by atoms with Crippen LogP contribution in [0.5, 0.6) is 0 Å². The standard InChI is InChI=1S/C18H16FN3O2/c1-11-14(6-3-7-15(11)17(20)23)16-8-9-22(21-16)18(24)12-4-2-5-13(19)10-12/h2-7,10H,8-9H2,1H3,(H2,20,23). The summed E-state index contributed by atoms with van der Waals surface area (Å²) in [7, 11) is 0. The fraction of sp³-hybridized carbons (Fsp3) is 0.167. The molecule has 0 aliphatic carbocycles. The number of amides is 2. The van der Waals surface area contributed by atoms with E-state index in [9.17, 15) is 14.0 Å².